The molecule has 17 heavy (non-hydrogen) atoms. The second-order valence-electron chi connectivity index (χ2n) is 4.78. The van der Waals surface area contributed by atoms with Crippen LogP contribution in [0.1, 0.15) is 44.3 Å². The maximum atomic E-state index is 5.50. The predicted molar refractivity (Wildman–Crippen MR) is 68.3 cm³/mol. The molecule has 1 fully saturated rings. The van der Waals surface area contributed by atoms with E-state index in [2.05, 4.69) is 21.8 Å². The number of ether oxygens (including phenoxy) is 1. The van der Waals surface area contributed by atoms with Gasteiger partial charge in [-0.25, -0.2) is 4.98 Å². The first-order valence-electron chi connectivity index (χ1n) is 6.63. The lowest BCUT2D eigenvalue weighted by molar-refractivity contribution is 0.117. The number of nitrogens with one attached hydrogen (secondary N) is 1. The molecule has 0 spiro atoms. The van der Waals surface area contributed by atoms with Crippen molar-refractivity contribution in [2.24, 2.45) is 0 Å². The highest BCUT2D eigenvalue weighted by Gasteiger charge is 2.20. The minimum absolute atomic E-state index is 0.370. The highest BCUT2D eigenvalue weighted by Crippen LogP contribution is 2.25. The number of hydrogen-bond donors (Lipinski definition) is 1. The Morgan fingerprint density at radius 1 is 1.65 bits per heavy atom. The van der Waals surface area contributed by atoms with E-state index < -0.39 is 0 Å². The minimum Gasteiger partial charge on any atom is -0.380 e. The van der Waals surface area contributed by atoms with Crippen LogP contribution in [0.3, 0.4) is 0 Å². The van der Waals surface area contributed by atoms with Crippen LogP contribution >= 0.6 is 0 Å². The number of piperidine rings is 1. The van der Waals surface area contributed by atoms with Gasteiger partial charge in [0.05, 0.1) is 19.0 Å². The summed E-state index contributed by atoms with van der Waals surface area (Å²) in [4.78, 5) is 4.31. The monoisotopic (exact) mass is 237 g/mol. The summed E-state index contributed by atoms with van der Waals surface area (Å²) in [5.41, 5.74) is 1.35. The fraction of sp³-hybridized carbons (Fsp3) is 0.769. The molecule has 1 N–H and O–H groups in total. The Morgan fingerprint density at radius 2 is 2.53 bits per heavy atom. The molecule has 2 rings (SSSR count). The highest BCUT2D eigenvalue weighted by atomic mass is 16.5. The lowest BCUT2D eigenvalue weighted by atomic mass is 9.96. The van der Waals surface area contributed by atoms with Crippen LogP contribution in [0.15, 0.2) is 12.5 Å². The summed E-state index contributed by atoms with van der Waals surface area (Å²) in [6.07, 6.45) is 6.48. The molecule has 0 aliphatic carbocycles. The standard InChI is InChI=1S/C13H23N3O/c1-3-17-9-11(2)16-10-15-8-13(16)12-5-4-6-14-7-12/h8,10-12,14H,3-7,9H2,1-2H3. The molecular formula is C13H23N3O. The first-order chi connectivity index (χ1) is 8.33. The quantitative estimate of drug-likeness (QED) is 0.850. The van der Waals surface area contributed by atoms with Crippen LogP contribution in [0, 0.1) is 0 Å². The molecule has 0 aromatic carbocycles. The molecule has 1 saturated heterocycles. The zero-order chi connectivity index (χ0) is 12.1. The Hall–Kier alpha value is -0.870. The van der Waals surface area contributed by atoms with Crippen molar-refractivity contribution in [1.29, 1.82) is 0 Å². The topological polar surface area (TPSA) is 39.1 Å². The average molecular weight is 237 g/mol. The zero-order valence-corrected chi connectivity index (χ0v) is 10.9. The number of hydrogen-bond acceptors (Lipinski definition) is 3. The van der Waals surface area contributed by atoms with Crippen molar-refractivity contribution >= 4 is 0 Å². The number of nitrogens with zero attached hydrogens (tertiary/aromatic N) is 2. The molecule has 4 nitrogen and oxygen atoms in total. The number of rotatable bonds is 5. The molecule has 1 aliphatic heterocycles. The normalized spacial score (nSPS) is 22.6. The third-order valence-electron chi connectivity index (χ3n) is 3.45. The molecule has 2 unspecified atom stereocenters. The second kappa shape index (κ2) is 6.17. The molecule has 0 radical (unpaired) electrons. The molecule has 2 atom stereocenters. The summed E-state index contributed by atoms with van der Waals surface area (Å²) in [5.74, 6) is 0.607. The van der Waals surface area contributed by atoms with E-state index in [1.165, 1.54) is 18.5 Å². The Balaban J connectivity index is 2.04. The van der Waals surface area contributed by atoms with E-state index in [9.17, 15) is 0 Å². The Bertz CT molecular complexity index is 331. The summed E-state index contributed by atoms with van der Waals surface area (Å²) in [7, 11) is 0. The van der Waals surface area contributed by atoms with Crippen LogP contribution in [0.2, 0.25) is 0 Å². The van der Waals surface area contributed by atoms with Crippen molar-refractivity contribution in [1.82, 2.24) is 14.9 Å². The van der Waals surface area contributed by atoms with Crippen molar-refractivity contribution in [3.63, 3.8) is 0 Å². The largest absolute Gasteiger partial charge is 0.380 e. The van der Waals surface area contributed by atoms with Gasteiger partial charge in [0.25, 0.3) is 0 Å². The molecule has 0 bridgehead atoms. The van der Waals surface area contributed by atoms with Crippen LogP contribution in [0.5, 0.6) is 0 Å². The SMILES string of the molecule is CCOCC(C)n1cncc1C1CCCNC1. The van der Waals surface area contributed by atoms with Crippen molar-refractivity contribution in [2.45, 2.75) is 38.6 Å². The van der Waals surface area contributed by atoms with Crippen LogP contribution in [0.4, 0.5) is 0 Å². The van der Waals surface area contributed by atoms with Gasteiger partial charge < -0.3 is 14.6 Å². The van der Waals surface area contributed by atoms with Gasteiger partial charge in [0, 0.05) is 31.0 Å². The average Bonchev–Trinajstić information content (AvgIpc) is 2.86. The van der Waals surface area contributed by atoms with Crippen LogP contribution in [-0.2, 0) is 4.74 Å². The zero-order valence-electron chi connectivity index (χ0n) is 10.9. The van der Waals surface area contributed by atoms with Crippen molar-refractivity contribution < 1.29 is 4.74 Å². The summed E-state index contributed by atoms with van der Waals surface area (Å²) < 4.78 is 7.77. The van der Waals surface area contributed by atoms with E-state index in [1.54, 1.807) is 0 Å². The molecule has 4 heteroatoms. The van der Waals surface area contributed by atoms with Gasteiger partial charge in [-0.15, -0.1) is 0 Å². The minimum atomic E-state index is 0.370. The van der Waals surface area contributed by atoms with Crippen LogP contribution in [-0.4, -0.2) is 35.9 Å². The van der Waals surface area contributed by atoms with Gasteiger partial charge >= 0.3 is 0 Å². The fourth-order valence-corrected chi connectivity index (χ4v) is 2.47. The maximum absolute atomic E-state index is 5.50. The van der Waals surface area contributed by atoms with E-state index in [1.807, 2.05) is 19.4 Å². The Morgan fingerprint density at radius 3 is 3.24 bits per heavy atom. The van der Waals surface area contributed by atoms with E-state index in [4.69, 9.17) is 4.74 Å². The smallest absolute Gasteiger partial charge is 0.0951 e. The lowest BCUT2D eigenvalue weighted by Gasteiger charge is -2.26. The van der Waals surface area contributed by atoms with Gasteiger partial charge in [-0.2, -0.15) is 0 Å². The summed E-state index contributed by atoms with van der Waals surface area (Å²) in [6, 6.07) is 0.370. The third kappa shape index (κ3) is 3.07. The Kier molecular flexibility index (Phi) is 4.57. The molecule has 96 valence electrons. The predicted octanol–water partition coefficient (Wildman–Crippen LogP) is 1.95. The second-order valence-corrected chi connectivity index (χ2v) is 4.78. The summed E-state index contributed by atoms with van der Waals surface area (Å²) in [5, 5.41) is 3.46. The van der Waals surface area contributed by atoms with Crippen molar-refractivity contribution in [3.8, 4) is 0 Å². The molecule has 1 aliphatic rings. The van der Waals surface area contributed by atoms with E-state index in [-0.39, 0.29) is 0 Å². The third-order valence-corrected chi connectivity index (χ3v) is 3.45. The van der Waals surface area contributed by atoms with Gasteiger partial charge in [0.15, 0.2) is 0 Å². The number of aromatic nitrogens is 2. The van der Waals surface area contributed by atoms with Crippen molar-refractivity contribution in [2.75, 3.05) is 26.3 Å². The van der Waals surface area contributed by atoms with Gasteiger partial charge in [0.1, 0.15) is 0 Å². The molecule has 0 amide bonds. The van der Waals surface area contributed by atoms with E-state index >= 15 is 0 Å². The fourth-order valence-electron chi connectivity index (χ4n) is 2.47. The van der Waals surface area contributed by atoms with Gasteiger partial charge in [-0.3, -0.25) is 0 Å². The molecular weight excluding hydrogens is 214 g/mol. The first kappa shape index (κ1) is 12.6. The van der Waals surface area contributed by atoms with E-state index in [0.717, 1.165) is 26.3 Å². The molecule has 0 saturated carbocycles. The summed E-state index contributed by atoms with van der Waals surface area (Å²) in [6.45, 7) is 8.00. The molecule has 2 heterocycles. The summed E-state index contributed by atoms with van der Waals surface area (Å²) >= 11 is 0. The number of imidazole rings is 1. The van der Waals surface area contributed by atoms with Gasteiger partial charge in [0.2, 0.25) is 0 Å². The first-order valence-corrected chi connectivity index (χ1v) is 6.63. The highest BCUT2D eigenvalue weighted by molar-refractivity contribution is 5.09. The lowest BCUT2D eigenvalue weighted by Crippen LogP contribution is -2.30. The molecule has 1 aromatic heterocycles. The van der Waals surface area contributed by atoms with Crippen LogP contribution in [0.25, 0.3) is 0 Å². The molecule has 1 aromatic rings. The van der Waals surface area contributed by atoms with Crippen LogP contribution < -0.4 is 5.32 Å². The van der Waals surface area contributed by atoms with Crippen molar-refractivity contribution in [3.05, 3.63) is 18.2 Å². The maximum Gasteiger partial charge on any atom is 0.0951 e. The van der Waals surface area contributed by atoms with E-state index in [0.29, 0.717) is 12.0 Å². The van der Waals surface area contributed by atoms with Gasteiger partial charge in [-0.05, 0) is 33.2 Å². The van der Waals surface area contributed by atoms with Gasteiger partial charge in [-0.1, -0.05) is 0 Å². The Labute approximate surface area is 103 Å².